The van der Waals surface area contributed by atoms with E-state index in [0.717, 1.165) is 0 Å². The summed E-state index contributed by atoms with van der Waals surface area (Å²) in [6, 6.07) is 18.2. The zero-order valence-corrected chi connectivity index (χ0v) is 11.7. The predicted molar refractivity (Wildman–Crippen MR) is 81.4 cm³/mol. The fourth-order valence-electron chi connectivity index (χ4n) is 1.86. The zero-order chi connectivity index (χ0) is 14.7. The molecule has 1 aromatic heterocycles. The third-order valence-corrected chi connectivity index (χ3v) is 3.21. The van der Waals surface area contributed by atoms with Gasteiger partial charge in [0.1, 0.15) is 5.75 Å². The van der Waals surface area contributed by atoms with E-state index in [1.807, 2.05) is 36.4 Å². The van der Waals surface area contributed by atoms with Gasteiger partial charge in [-0.1, -0.05) is 48.0 Å². The molecule has 0 atom stereocenters. The van der Waals surface area contributed by atoms with Crippen molar-refractivity contribution in [1.82, 2.24) is 9.78 Å². The number of aromatic nitrogens is 2. The van der Waals surface area contributed by atoms with Crippen LogP contribution in [0.5, 0.6) is 11.5 Å². The Morgan fingerprint density at radius 3 is 2.24 bits per heavy atom. The second-order valence-electron chi connectivity index (χ2n) is 4.29. The first-order valence-electron chi connectivity index (χ1n) is 6.32. The topological polar surface area (TPSA) is 44.1 Å². The molecule has 0 aliphatic rings. The molecule has 21 heavy (non-hydrogen) atoms. The summed E-state index contributed by atoms with van der Waals surface area (Å²) in [6.45, 7) is 0. The fraction of sp³-hybridized carbons (Fsp3) is 0. The van der Waals surface area contributed by atoms with Crippen molar-refractivity contribution in [3.05, 3.63) is 82.2 Å². The number of ether oxygens (including phenoxy) is 1. The molecule has 4 nitrogen and oxygen atoms in total. The average molecular weight is 299 g/mol. The zero-order valence-electron chi connectivity index (χ0n) is 10.9. The van der Waals surface area contributed by atoms with Crippen LogP contribution in [0.2, 0.25) is 5.02 Å². The van der Waals surface area contributed by atoms with Crippen molar-refractivity contribution in [2.75, 3.05) is 0 Å². The highest BCUT2D eigenvalue weighted by Gasteiger charge is 2.12. The minimum atomic E-state index is -0.420. The van der Waals surface area contributed by atoms with Crippen LogP contribution in [-0.4, -0.2) is 9.78 Å². The van der Waals surface area contributed by atoms with Gasteiger partial charge in [0.2, 0.25) is 0 Å². The van der Waals surface area contributed by atoms with Gasteiger partial charge in [0.15, 0.2) is 10.8 Å². The van der Waals surface area contributed by atoms with Crippen molar-refractivity contribution in [2.24, 2.45) is 0 Å². The molecule has 0 unspecified atom stereocenters. The summed E-state index contributed by atoms with van der Waals surface area (Å²) >= 11 is 6.10. The van der Waals surface area contributed by atoms with E-state index in [1.54, 1.807) is 24.3 Å². The fourth-order valence-corrected chi connectivity index (χ4v) is 2.02. The number of para-hydroxylation sites is 2. The van der Waals surface area contributed by atoms with Crippen LogP contribution in [0, 0.1) is 0 Å². The van der Waals surface area contributed by atoms with E-state index in [1.165, 1.54) is 10.9 Å². The number of halogens is 1. The summed E-state index contributed by atoms with van der Waals surface area (Å²) in [5.74, 6) is 0.832. The van der Waals surface area contributed by atoms with Crippen LogP contribution < -0.4 is 10.3 Å². The Morgan fingerprint density at radius 1 is 0.952 bits per heavy atom. The van der Waals surface area contributed by atoms with E-state index >= 15 is 0 Å². The molecule has 3 aromatic rings. The molecule has 0 amide bonds. The Morgan fingerprint density at radius 2 is 1.57 bits per heavy atom. The second kappa shape index (κ2) is 5.81. The van der Waals surface area contributed by atoms with Crippen molar-refractivity contribution >= 4 is 11.6 Å². The quantitative estimate of drug-likeness (QED) is 0.741. The number of rotatable bonds is 3. The third-order valence-electron chi connectivity index (χ3n) is 2.86. The molecule has 0 bridgehead atoms. The molecule has 0 radical (unpaired) electrons. The lowest BCUT2D eigenvalue weighted by molar-refractivity contribution is 0.475. The number of nitrogens with zero attached hydrogens (tertiary/aromatic N) is 2. The monoisotopic (exact) mass is 298 g/mol. The summed E-state index contributed by atoms with van der Waals surface area (Å²) in [5.41, 5.74) is 0.229. The summed E-state index contributed by atoms with van der Waals surface area (Å²) in [5, 5.41) is 4.10. The van der Waals surface area contributed by atoms with Gasteiger partial charge in [-0.3, -0.25) is 4.79 Å². The summed E-state index contributed by atoms with van der Waals surface area (Å²) in [6.07, 6.45) is 1.43. The smallest absolute Gasteiger partial charge is 0.294 e. The van der Waals surface area contributed by atoms with E-state index in [2.05, 4.69) is 5.10 Å². The first-order valence-corrected chi connectivity index (χ1v) is 6.69. The second-order valence-corrected chi connectivity index (χ2v) is 4.67. The molecular weight excluding hydrogens is 288 g/mol. The molecule has 0 saturated carbocycles. The minimum Gasteiger partial charge on any atom is -0.454 e. The Kier molecular flexibility index (Phi) is 3.71. The predicted octanol–water partition coefficient (Wildman–Crippen LogP) is 3.68. The molecule has 5 heteroatoms. The molecule has 0 saturated heterocycles. The molecule has 0 aliphatic carbocycles. The lowest BCUT2D eigenvalue weighted by atomic mass is 10.3. The first kappa shape index (κ1) is 13.4. The summed E-state index contributed by atoms with van der Waals surface area (Å²) < 4.78 is 6.81. The molecule has 3 rings (SSSR count). The normalized spacial score (nSPS) is 10.3. The van der Waals surface area contributed by atoms with Gasteiger partial charge in [-0.25, -0.2) is 0 Å². The van der Waals surface area contributed by atoms with Gasteiger partial charge in [-0.15, -0.1) is 0 Å². The van der Waals surface area contributed by atoms with E-state index in [0.29, 0.717) is 11.4 Å². The Hall–Kier alpha value is -2.59. The Bertz CT molecular complexity index is 802. The first-order chi connectivity index (χ1) is 10.3. The van der Waals surface area contributed by atoms with Crippen molar-refractivity contribution in [3.63, 3.8) is 0 Å². The number of hydrogen-bond donors (Lipinski definition) is 0. The van der Waals surface area contributed by atoms with Gasteiger partial charge < -0.3 is 4.74 Å². The van der Waals surface area contributed by atoms with Crippen LogP contribution in [0.25, 0.3) is 5.69 Å². The molecule has 0 spiro atoms. The SMILES string of the molecule is O=c1c(Cl)c(Oc2ccccc2)cnn1-c1ccccc1. The molecule has 0 fully saturated rings. The highest BCUT2D eigenvalue weighted by atomic mass is 35.5. The minimum absolute atomic E-state index is 0.00212. The van der Waals surface area contributed by atoms with E-state index < -0.39 is 5.56 Å². The van der Waals surface area contributed by atoms with Crippen LogP contribution in [-0.2, 0) is 0 Å². The largest absolute Gasteiger partial charge is 0.454 e. The highest BCUT2D eigenvalue weighted by molar-refractivity contribution is 6.31. The van der Waals surface area contributed by atoms with Crippen molar-refractivity contribution in [3.8, 4) is 17.2 Å². The maximum absolute atomic E-state index is 12.3. The molecule has 0 N–H and O–H groups in total. The van der Waals surface area contributed by atoms with E-state index in [9.17, 15) is 4.79 Å². The maximum atomic E-state index is 12.3. The average Bonchev–Trinajstić information content (AvgIpc) is 2.54. The van der Waals surface area contributed by atoms with Gasteiger partial charge in [0.05, 0.1) is 11.9 Å². The van der Waals surface area contributed by atoms with Gasteiger partial charge in [-0.2, -0.15) is 9.78 Å². The lowest BCUT2D eigenvalue weighted by Gasteiger charge is -2.09. The molecule has 104 valence electrons. The number of benzene rings is 2. The van der Waals surface area contributed by atoms with E-state index in [-0.39, 0.29) is 10.8 Å². The summed E-state index contributed by atoms with van der Waals surface area (Å²) in [4.78, 5) is 12.3. The van der Waals surface area contributed by atoms with Crippen molar-refractivity contribution in [2.45, 2.75) is 0 Å². The lowest BCUT2D eigenvalue weighted by Crippen LogP contribution is -2.21. The Balaban J connectivity index is 1.99. The van der Waals surface area contributed by atoms with E-state index in [4.69, 9.17) is 16.3 Å². The highest BCUT2D eigenvalue weighted by Crippen LogP contribution is 2.25. The van der Waals surface area contributed by atoms with Crippen LogP contribution in [0.1, 0.15) is 0 Å². The van der Waals surface area contributed by atoms with Gasteiger partial charge in [0, 0.05) is 0 Å². The summed E-state index contributed by atoms with van der Waals surface area (Å²) in [7, 11) is 0. The molecule has 2 aromatic carbocycles. The van der Waals surface area contributed by atoms with Gasteiger partial charge >= 0.3 is 0 Å². The van der Waals surface area contributed by atoms with Gasteiger partial charge in [-0.05, 0) is 24.3 Å². The van der Waals surface area contributed by atoms with Crippen molar-refractivity contribution < 1.29 is 4.74 Å². The third kappa shape index (κ3) is 2.80. The molecule has 0 aliphatic heterocycles. The standard InChI is InChI=1S/C16H11ClN2O2/c17-15-14(21-13-9-5-2-6-10-13)11-18-19(16(15)20)12-7-3-1-4-8-12/h1-11H. The molecular formula is C16H11ClN2O2. The number of hydrogen-bond acceptors (Lipinski definition) is 3. The Labute approximate surface area is 126 Å². The van der Waals surface area contributed by atoms with Crippen LogP contribution in [0.3, 0.4) is 0 Å². The van der Waals surface area contributed by atoms with Crippen molar-refractivity contribution in [1.29, 1.82) is 0 Å². The van der Waals surface area contributed by atoms with Crippen LogP contribution in [0.15, 0.2) is 71.7 Å². The van der Waals surface area contributed by atoms with Crippen LogP contribution in [0.4, 0.5) is 0 Å². The molecule has 1 heterocycles. The maximum Gasteiger partial charge on any atom is 0.294 e. The van der Waals surface area contributed by atoms with Crippen LogP contribution >= 0.6 is 11.6 Å². The van der Waals surface area contributed by atoms with Gasteiger partial charge in [0.25, 0.3) is 5.56 Å².